The van der Waals surface area contributed by atoms with Gasteiger partial charge in [-0.05, 0) is 64.1 Å². The summed E-state index contributed by atoms with van der Waals surface area (Å²) in [5, 5.41) is 7.28. The molecule has 0 bridgehead atoms. The van der Waals surface area contributed by atoms with Crippen LogP contribution in [0.25, 0.3) is 5.69 Å². The smallest absolute Gasteiger partial charge is 0.333 e. The lowest BCUT2D eigenvalue weighted by molar-refractivity contribution is -0.145. The highest BCUT2D eigenvalue weighted by Gasteiger charge is 2.30. The molecule has 1 atom stereocenters. The number of nitrogens with one attached hydrogen (secondary N) is 1. The minimum absolute atomic E-state index is 0.180. The van der Waals surface area contributed by atoms with Gasteiger partial charge in [0.2, 0.25) is 0 Å². The fourth-order valence-electron chi connectivity index (χ4n) is 3.30. The molecule has 0 fully saturated rings. The van der Waals surface area contributed by atoms with Crippen LogP contribution < -0.4 is 5.32 Å². The highest BCUT2D eigenvalue weighted by Crippen LogP contribution is 2.26. The maximum absolute atomic E-state index is 13.3. The van der Waals surface area contributed by atoms with E-state index in [1.165, 1.54) is 12.1 Å². The molecule has 2 aromatic carbocycles. The summed E-state index contributed by atoms with van der Waals surface area (Å²) in [6, 6.07) is 11.9. The number of ether oxygens (including phenoxy) is 1. The van der Waals surface area contributed by atoms with Crippen LogP contribution in [0.1, 0.15) is 45.8 Å². The zero-order valence-electron chi connectivity index (χ0n) is 17.4. The van der Waals surface area contributed by atoms with Crippen molar-refractivity contribution in [1.82, 2.24) is 15.1 Å². The topological polar surface area (TPSA) is 73.2 Å². The second-order valence-corrected chi connectivity index (χ2v) is 7.00. The van der Waals surface area contributed by atoms with Gasteiger partial charge >= 0.3 is 5.97 Å². The van der Waals surface area contributed by atoms with Gasteiger partial charge < -0.3 is 10.1 Å². The quantitative estimate of drug-likeness (QED) is 0.625. The molecule has 30 heavy (non-hydrogen) atoms. The van der Waals surface area contributed by atoms with Crippen LogP contribution in [0.4, 0.5) is 4.39 Å². The Morgan fingerprint density at radius 1 is 1.07 bits per heavy atom. The van der Waals surface area contributed by atoms with Crippen molar-refractivity contribution in [1.29, 1.82) is 0 Å². The summed E-state index contributed by atoms with van der Waals surface area (Å²) in [5.41, 5.74) is 3.89. The number of carbonyl (C=O) groups excluding carboxylic acids is 2. The number of hydrogen-bond acceptors (Lipinski definition) is 4. The van der Waals surface area contributed by atoms with Gasteiger partial charge in [-0.3, -0.25) is 4.79 Å². The van der Waals surface area contributed by atoms with Crippen LogP contribution >= 0.6 is 0 Å². The van der Waals surface area contributed by atoms with Gasteiger partial charge in [-0.15, -0.1) is 0 Å². The van der Waals surface area contributed by atoms with Crippen molar-refractivity contribution in [2.75, 3.05) is 6.61 Å². The highest BCUT2D eigenvalue weighted by molar-refractivity contribution is 5.97. The van der Waals surface area contributed by atoms with Crippen molar-refractivity contribution in [3.8, 4) is 5.69 Å². The summed E-state index contributed by atoms with van der Waals surface area (Å²) in [6.07, 6.45) is 0. The van der Waals surface area contributed by atoms with E-state index in [9.17, 15) is 14.0 Å². The Kier molecular flexibility index (Phi) is 6.30. The van der Waals surface area contributed by atoms with Gasteiger partial charge in [-0.1, -0.05) is 17.7 Å². The highest BCUT2D eigenvalue weighted by atomic mass is 19.1. The molecule has 1 aromatic heterocycles. The van der Waals surface area contributed by atoms with Crippen LogP contribution in [-0.4, -0.2) is 28.3 Å². The molecule has 7 heteroatoms. The SMILES string of the molecule is CCOC(=O)[C@H](NC(=O)c1ccc(C)cc1)c1c(C)nn(-c2ccc(F)cc2)c1C. The van der Waals surface area contributed by atoms with E-state index in [1.54, 1.807) is 49.7 Å². The number of rotatable bonds is 6. The lowest BCUT2D eigenvalue weighted by Gasteiger charge is -2.18. The van der Waals surface area contributed by atoms with Crippen molar-refractivity contribution in [3.05, 3.63) is 82.4 Å². The zero-order valence-corrected chi connectivity index (χ0v) is 17.4. The van der Waals surface area contributed by atoms with Crippen LogP contribution in [0, 0.1) is 26.6 Å². The van der Waals surface area contributed by atoms with E-state index >= 15 is 0 Å². The molecule has 0 spiro atoms. The molecule has 0 aliphatic rings. The van der Waals surface area contributed by atoms with E-state index in [-0.39, 0.29) is 18.3 Å². The fraction of sp³-hybridized carbons (Fsp3) is 0.261. The van der Waals surface area contributed by atoms with Crippen molar-refractivity contribution >= 4 is 11.9 Å². The molecule has 3 rings (SSSR count). The van der Waals surface area contributed by atoms with Gasteiger partial charge in [0.25, 0.3) is 5.91 Å². The van der Waals surface area contributed by atoms with Crippen LogP contribution in [0.5, 0.6) is 0 Å². The third-order valence-electron chi connectivity index (χ3n) is 4.82. The van der Waals surface area contributed by atoms with Gasteiger partial charge in [-0.2, -0.15) is 5.10 Å². The number of nitrogens with zero attached hydrogens (tertiary/aromatic N) is 2. The lowest BCUT2D eigenvalue weighted by atomic mass is 10.0. The van der Waals surface area contributed by atoms with Crippen molar-refractivity contribution in [2.45, 2.75) is 33.7 Å². The number of aromatic nitrogens is 2. The van der Waals surface area contributed by atoms with E-state index in [4.69, 9.17) is 4.74 Å². The number of esters is 1. The second kappa shape index (κ2) is 8.90. The Hall–Kier alpha value is -3.48. The van der Waals surface area contributed by atoms with Crippen LogP contribution in [0.3, 0.4) is 0 Å². The van der Waals surface area contributed by atoms with Crippen molar-refractivity contribution < 1.29 is 18.7 Å². The third-order valence-corrected chi connectivity index (χ3v) is 4.82. The van der Waals surface area contributed by atoms with E-state index in [0.29, 0.717) is 28.2 Å². The third kappa shape index (κ3) is 4.40. The summed E-state index contributed by atoms with van der Waals surface area (Å²) in [4.78, 5) is 25.5. The van der Waals surface area contributed by atoms with Crippen LogP contribution in [-0.2, 0) is 9.53 Å². The number of aryl methyl sites for hydroxylation is 2. The fourth-order valence-corrected chi connectivity index (χ4v) is 3.30. The standard InChI is InChI=1S/C23H24FN3O3/c1-5-30-23(29)21(25-22(28)17-8-6-14(2)7-9-17)20-15(3)26-27(16(20)4)19-12-10-18(24)11-13-19/h6-13,21H,5H2,1-4H3,(H,25,28)/t21-/m1/s1. The van der Waals surface area contributed by atoms with Crippen LogP contribution in [0.15, 0.2) is 48.5 Å². The summed E-state index contributed by atoms with van der Waals surface area (Å²) < 4.78 is 20.1. The van der Waals surface area contributed by atoms with E-state index < -0.39 is 12.0 Å². The molecule has 1 amide bonds. The van der Waals surface area contributed by atoms with Crippen molar-refractivity contribution in [3.63, 3.8) is 0 Å². The van der Waals surface area contributed by atoms with Gasteiger partial charge in [0.05, 0.1) is 18.0 Å². The molecule has 0 aliphatic carbocycles. The summed E-state index contributed by atoms with van der Waals surface area (Å²) in [6.45, 7) is 7.37. The molecule has 0 saturated carbocycles. The molecule has 0 aliphatic heterocycles. The van der Waals surface area contributed by atoms with E-state index in [1.807, 2.05) is 19.1 Å². The lowest BCUT2D eigenvalue weighted by Crippen LogP contribution is -2.35. The zero-order chi connectivity index (χ0) is 21.8. The van der Waals surface area contributed by atoms with Gasteiger partial charge in [-0.25, -0.2) is 13.9 Å². The molecule has 0 saturated heterocycles. The molecule has 3 aromatic rings. The first-order valence-corrected chi connectivity index (χ1v) is 9.68. The first-order valence-electron chi connectivity index (χ1n) is 9.68. The Bertz CT molecular complexity index is 1060. The van der Waals surface area contributed by atoms with E-state index in [0.717, 1.165) is 5.56 Å². The maximum Gasteiger partial charge on any atom is 0.333 e. The molecule has 0 radical (unpaired) electrons. The number of benzene rings is 2. The molecule has 0 unspecified atom stereocenters. The Balaban J connectivity index is 1.99. The Labute approximate surface area is 174 Å². The summed E-state index contributed by atoms with van der Waals surface area (Å²) >= 11 is 0. The minimum atomic E-state index is -1.02. The first kappa shape index (κ1) is 21.2. The molecule has 6 nitrogen and oxygen atoms in total. The monoisotopic (exact) mass is 409 g/mol. The van der Waals surface area contributed by atoms with Crippen molar-refractivity contribution in [2.24, 2.45) is 0 Å². The number of hydrogen-bond donors (Lipinski definition) is 1. The number of amides is 1. The molecule has 1 N–H and O–H groups in total. The minimum Gasteiger partial charge on any atom is -0.464 e. The average Bonchev–Trinajstić information content (AvgIpc) is 3.01. The largest absolute Gasteiger partial charge is 0.464 e. The second-order valence-electron chi connectivity index (χ2n) is 7.00. The Morgan fingerprint density at radius 3 is 2.30 bits per heavy atom. The molecule has 156 valence electrons. The molecular weight excluding hydrogens is 385 g/mol. The predicted molar refractivity (Wildman–Crippen MR) is 111 cm³/mol. The normalized spacial score (nSPS) is 11.8. The summed E-state index contributed by atoms with van der Waals surface area (Å²) in [5.74, 6) is -1.31. The first-order chi connectivity index (χ1) is 14.3. The van der Waals surface area contributed by atoms with Gasteiger partial charge in [0.1, 0.15) is 5.82 Å². The van der Waals surface area contributed by atoms with Gasteiger partial charge in [0.15, 0.2) is 6.04 Å². The maximum atomic E-state index is 13.3. The molecule has 1 heterocycles. The summed E-state index contributed by atoms with van der Waals surface area (Å²) in [7, 11) is 0. The molecular formula is C23H24FN3O3. The van der Waals surface area contributed by atoms with Crippen LogP contribution in [0.2, 0.25) is 0 Å². The number of halogens is 1. The van der Waals surface area contributed by atoms with E-state index in [2.05, 4.69) is 10.4 Å². The van der Waals surface area contributed by atoms with Gasteiger partial charge in [0, 0.05) is 16.8 Å². The predicted octanol–water partition coefficient (Wildman–Crippen LogP) is 3.97. The Morgan fingerprint density at radius 2 is 1.70 bits per heavy atom. The number of carbonyl (C=O) groups is 2. The average molecular weight is 409 g/mol.